The highest BCUT2D eigenvalue weighted by atomic mass is 16.2. The first-order valence-corrected chi connectivity index (χ1v) is 10.2. The number of nitrogens with zero attached hydrogens (tertiary/aromatic N) is 5. The second kappa shape index (κ2) is 7.41. The maximum atomic E-state index is 13.2. The third-order valence-electron chi connectivity index (χ3n) is 6.15. The molecule has 150 valence electrons. The van der Waals surface area contributed by atoms with Gasteiger partial charge in [-0.15, -0.1) is 0 Å². The molecule has 0 atom stereocenters. The van der Waals surface area contributed by atoms with Gasteiger partial charge in [-0.1, -0.05) is 6.92 Å². The first-order chi connectivity index (χ1) is 13.5. The SMILES string of the molecule is CCc1cn[nH]c1C1CCN(C(=O)c2nc(C)n3c2C(=O)N(CC)CC3)CC1. The number of nitrogens with one attached hydrogen (secondary N) is 1. The number of likely N-dealkylation sites (N-methyl/N-ethyl adjacent to an activating group) is 1. The lowest BCUT2D eigenvalue weighted by atomic mass is 9.90. The van der Waals surface area contributed by atoms with Gasteiger partial charge in [-0.05, 0) is 38.7 Å². The second-order valence-corrected chi connectivity index (χ2v) is 7.62. The van der Waals surface area contributed by atoms with Gasteiger partial charge in [0.05, 0.1) is 6.20 Å². The van der Waals surface area contributed by atoms with Crippen LogP contribution in [0, 0.1) is 6.92 Å². The van der Waals surface area contributed by atoms with Gasteiger partial charge in [-0.3, -0.25) is 14.7 Å². The van der Waals surface area contributed by atoms with E-state index in [9.17, 15) is 9.59 Å². The highest BCUT2D eigenvalue weighted by molar-refractivity contribution is 6.05. The lowest BCUT2D eigenvalue weighted by molar-refractivity contribution is 0.0666. The Morgan fingerprint density at radius 2 is 1.96 bits per heavy atom. The number of piperidine rings is 1. The molecule has 8 nitrogen and oxygen atoms in total. The summed E-state index contributed by atoms with van der Waals surface area (Å²) in [6.07, 6.45) is 4.65. The number of aromatic nitrogens is 4. The van der Waals surface area contributed by atoms with Crippen LogP contribution in [0.3, 0.4) is 0 Å². The largest absolute Gasteiger partial charge is 0.337 e. The van der Waals surface area contributed by atoms with E-state index in [1.807, 2.05) is 29.5 Å². The van der Waals surface area contributed by atoms with Crippen LogP contribution in [-0.2, 0) is 13.0 Å². The molecule has 0 aromatic carbocycles. The Morgan fingerprint density at radius 3 is 2.64 bits per heavy atom. The van der Waals surface area contributed by atoms with Crippen molar-refractivity contribution in [1.29, 1.82) is 0 Å². The maximum Gasteiger partial charge on any atom is 0.274 e. The fourth-order valence-electron chi connectivity index (χ4n) is 4.46. The van der Waals surface area contributed by atoms with Crippen LogP contribution in [0.4, 0.5) is 0 Å². The quantitative estimate of drug-likeness (QED) is 0.873. The van der Waals surface area contributed by atoms with Gasteiger partial charge in [0.2, 0.25) is 0 Å². The van der Waals surface area contributed by atoms with Gasteiger partial charge < -0.3 is 14.4 Å². The Balaban J connectivity index is 1.52. The molecule has 1 fully saturated rings. The Kier molecular flexibility index (Phi) is 4.95. The summed E-state index contributed by atoms with van der Waals surface area (Å²) in [6, 6.07) is 0. The number of hydrogen-bond donors (Lipinski definition) is 1. The van der Waals surface area contributed by atoms with Gasteiger partial charge in [0.15, 0.2) is 5.69 Å². The van der Waals surface area contributed by atoms with Gasteiger partial charge in [0, 0.05) is 44.3 Å². The zero-order valence-electron chi connectivity index (χ0n) is 16.9. The number of carbonyl (C=O) groups is 2. The molecule has 0 radical (unpaired) electrons. The predicted molar refractivity (Wildman–Crippen MR) is 104 cm³/mol. The molecule has 1 saturated heterocycles. The molecule has 28 heavy (non-hydrogen) atoms. The number of carbonyl (C=O) groups excluding carboxylic acids is 2. The lowest BCUT2D eigenvalue weighted by Crippen LogP contribution is -2.43. The smallest absolute Gasteiger partial charge is 0.274 e. The van der Waals surface area contributed by atoms with Crippen molar-refractivity contribution in [1.82, 2.24) is 29.5 Å². The van der Waals surface area contributed by atoms with E-state index in [1.54, 1.807) is 4.90 Å². The van der Waals surface area contributed by atoms with E-state index in [4.69, 9.17) is 0 Å². The average molecular weight is 384 g/mol. The number of aryl methyl sites for hydroxylation is 2. The molecule has 2 aliphatic heterocycles. The third-order valence-corrected chi connectivity index (χ3v) is 6.15. The fourth-order valence-corrected chi connectivity index (χ4v) is 4.46. The van der Waals surface area contributed by atoms with E-state index < -0.39 is 0 Å². The number of imidazole rings is 1. The number of fused-ring (bicyclic) bond motifs is 1. The number of aromatic amines is 1. The minimum Gasteiger partial charge on any atom is -0.337 e. The molecule has 0 aliphatic carbocycles. The molecule has 4 heterocycles. The molecule has 0 spiro atoms. The molecule has 2 aromatic heterocycles. The minimum absolute atomic E-state index is 0.0855. The average Bonchev–Trinajstić information content (AvgIpc) is 3.33. The number of likely N-dealkylation sites (tertiary alicyclic amines) is 1. The molecule has 2 aliphatic rings. The van der Waals surface area contributed by atoms with Crippen LogP contribution < -0.4 is 0 Å². The van der Waals surface area contributed by atoms with Crippen molar-refractivity contribution in [3.63, 3.8) is 0 Å². The number of amides is 2. The molecule has 2 aromatic rings. The standard InChI is InChI=1S/C20H28N6O2/c1-4-14-12-21-23-16(14)15-6-8-25(9-7-15)19(27)17-18-20(28)24(5-2)10-11-26(18)13(3)22-17/h12,15H,4-11H2,1-3H3,(H,21,23). The maximum absolute atomic E-state index is 13.2. The molecule has 0 saturated carbocycles. The van der Waals surface area contributed by atoms with Crippen LogP contribution in [0.2, 0.25) is 0 Å². The van der Waals surface area contributed by atoms with Crippen LogP contribution in [0.15, 0.2) is 6.20 Å². The van der Waals surface area contributed by atoms with Crippen LogP contribution in [0.1, 0.15) is 70.7 Å². The van der Waals surface area contributed by atoms with Gasteiger partial charge >= 0.3 is 0 Å². The summed E-state index contributed by atoms with van der Waals surface area (Å²) in [5.74, 6) is 0.929. The first kappa shape index (κ1) is 18.7. The highest BCUT2D eigenvalue weighted by Gasteiger charge is 2.35. The normalized spacial score (nSPS) is 17.9. The van der Waals surface area contributed by atoms with Crippen molar-refractivity contribution >= 4 is 11.8 Å². The van der Waals surface area contributed by atoms with E-state index in [1.165, 1.54) is 11.3 Å². The molecule has 2 amide bonds. The molecule has 8 heteroatoms. The summed E-state index contributed by atoms with van der Waals surface area (Å²) < 4.78 is 1.90. The summed E-state index contributed by atoms with van der Waals surface area (Å²) in [5.41, 5.74) is 3.24. The Bertz CT molecular complexity index is 891. The molecule has 0 bridgehead atoms. The summed E-state index contributed by atoms with van der Waals surface area (Å²) in [5, 5.41) is 7.33. The topological polar surface area (TPSA) is 87.1 Å². The van der Waals surface area contributed by atoms with E-state index in [0.717, 1.165) is 25.1 Å². The summed E-state index contributed by atoms with van der Waals surface area (Å²) in [4.78, 5) is 34.2. The summed E-state index contributed by atoms with van der Waals surface area (Å²) in [7, 11) is 0. The van der Waals surface area contributed by atoms with Crippen molar-refractivity contribution in [3.05, 3.63) is 34.7 Å². The lowest BCUT2D eigenvalue weighted by Gasteiger charge is -2.32. The van der Waals surface area contributed by atoms with Crippen molar-refractivity contribution in [2.75, 3.05) is 26.2 Å². The summed E-state index contributed by atoms with van der Waals surface area (Å²) in [6.45, 7) is 9.31. The van der Waals surface area contributed by atoms with Crippen molar-refractivity contribution < 1.29 is 9.59 Å². The number of H-pyrrole nitrogens is 1. The Morgan fingerprint density at radius 1 is 1.21 bits per heavy atom. The van der Waals surface area contributed by atoms with Gasteiger partial charge in [0.25, 0.3) is 11.8 Å². The van der Waals surface area contributed by atoms with Gasteiger partial charge in [-0.25, -0.2) is 4.98 Å². The Hall–Kier alpha value is -2.64. The molecule has 0 unspecified atom stereocenters. The van der Waals surface area contributed by atoms with Gasteiger partial charge in [0.1, 0.15) is 11.5 Å². The fraction of sp³-hybridized carbons (Fsp3) is 0.600. The van der Waals surface area contributed by atoms with Crippen LogP contribution in [-0.4, -0.2) is 67.5 Å². The predicted octanol–water partition coefficient (Wildman–Crippen LogP) is 1.97. The minimum atomic E-state index is -0.123. The van der Waals surface area contributed by atoms with Crippen molar-refractivity contribution in [3.8, 4) is 0 Å². The number of hydrogen-bond acceptors (Lipinski definition) is 4. The first-order valence-electron chi connectivity index (χ1n) is 10.2. The van der Waals surface area contributed by atoms with E-state index in [-0.39, 0.29) is 11.8 Å². The van der Waals surface area contributed by atoms with Crippen LogP contribution >= 0.6 is 0 Å². The van der Waals surface area contributed by atoms with E-state index >= 15 is 0 Å². The Labute approximate surface area is 164 Å². The van der Waals surface area contributed by atoms with E-state index in [2.05, 4.69) is 22.1 Å². The van der Waals surface area contributed by atoms with Crippen LogP contribution in [0.5, 0.6) is 0 Å². The van der Waals surface area contributed by atoms with Gasteiger partial charge in [-0.2, -0.15) is 5.10 Å². The second-order valence-electron chi connectivity index (χ2n) is 7.62. The molecular weight excluding hydrogens is 356 g/mol. The zero-order valence-corrected chi connectivity index (χ0v) is 16.9. The van der Waals surface area contributed by atoms with E-state index in [0.29, 0.717) is 50.0 Å². The third kappa shape index (κ3) is 3.00. The molecule has 4 rings (SSSR count). The van der Waals surface area contributed by atoms with Crippen molar-refractivity contribution in [2.24, 2.45) is 0 Å². The summed E-state index contributed by atoms with van der Waals surface area (Å²) >= 11 is 0. The molecule has 1 N–H and O–H groups in total. The van der Waals surface area contributed by atoms with Crippen LogP contribution in [0.25, 0.3) is 0 Å². The van der Waals surface area contributed by atoms with Crippen molar-refractivity contribution in [2.45, 2.75) is 52.5 Å². The zero-order chi connectivity index (χ0) is 19.8. The molecular formula is C20H28N6O2. The highest BCUT2D eigenvalue weighted by Crippen LogP contribution is 2.30. The monoisotopic (exact) mass is 384 g/mol. The number of rotatable bonds is 4.